The first kappa shape index (κ1) is 39.5. The molecular formula is C42H45ClN4O7. The van der Waals surface area contributed by atoms with Crippen molar-refractivity contribution in [3.8, 4) is 0 Å². The number of hydrogen-bond acceptors (Lipinski definition) is 7. The third kappa shape index (κ3) is 10.5. The number of anilines is 2. The molecule has 2 atom stereocenters. The van der Waals surface area contributed by atoms with Crippen LogP contribution in [0.25, 0.3) is 0 Å². The normalized spacial score (nSPS) is 14.5. The van der Waals surface area contributed by atoms with Gasteiger partial charge in [0.05, 0.1) is 5.69 Å². The molecule has 4 amide bonds. The quantitative estimate of drug-likeness (QED) is 0.143. The second-order valence-corrected chi connectivity index (χ2v) is 14.6. The predicted octanol–water partition coefficient (Wildman–Crippen LogP) is 7.49. The van der Waals surface area contributed by atoms with Crippen LogP contribution in [0.1, 0.15) is 82.7 Å². The van der Waals surface area contributed by atoms with E-state index in [-0.39, 0.29) is 18.2 Å². The second-order valence-electron chi connectivity index (χ2n) is 14.2. The Labute approximate surface area is 320 Å². The number of carbonyl (C=O) groups excluding carboxylic acids is 5. The van der Waals surface area contributed by atoms with Gasteiger partial charge in [0, 0.05) is 40.4 Å². The Morgan fingerprint density at radius 2 is 1.59 bits per heavy atom. The van der Waals surface area contributed by atoms with Crippen LogP contribution < -0.4 is 20.9 Å². The van der Waals surface area contributed by atoms with E-state index in [9.17, 15) is 24.0 Å². The average molecular weight is 753 g/mol. The Hall–Kier alpha value is -5.68. The maximum atomic E-state index is 14.1. The van der Waals surface area contributed by atoms with Crippen molar-refractivity contribution in [2.45, 2.75) is 71.6 Å². The number of amides is 4. The van der Waals surface area contributed by atoms with E-state index >= 15 is 0 Å². The fourth-order valence-corrected chi connectivity index (χ4v) is 6.40. The number of ether oxygens (including phenoxy) is 2. The van der Waals surface area contributed by atoms with Crippen molar-refractivity contribution < 1.29 is 33.4 Å². The summed E-state index contributed by atoms with van der Waals surface area (Å²) in [6, 6.07) is 25.7. The molecule has 0 fully saturated rings. The Morgan fingerprint density at radius 3 is 2.30 bits per heavy atom. The van der Waals surface area contributed by atoms with Gasteiger partial charge in [-0.3, -0.25) is 19.2 Å². The number of rotatable bonds is 10. The average Bonchev–Trinajstić information content (AvgIpc) is 3.28. The summed E-state index contributed by atoms with van der Waals surface area (Å²) in [5.74, 6) is -1.78. The number of carbonyl (C=O) groups is 5. The number of nitrogens with one attached hydrogen (secondary N) is 3. The molecule has 0 aromatic heterocycles. The van der Waals surface area contributed by atoms with Crippen LogP contribution in [0.4, 0.5) is 16.2 Å². The van der Waals surface area contributed by atoms with Crippen LogP contribution in [0.3, 0.4) is 0 Å². The third-order valence-electron chi connectivity index (χ3n) is 8.80. The van der Waals surface area contributed by atoms with Crippen molar-refractivity contribution in [1.82, 2.24) is 10.6 Å². The smallest absolute Gasteiger partial charge is 0.408 e. The minimum atomic E-state index is -1.02. The van der Waals surface area contributed by atoms with Gasteiger partial charge in [-0.15, -0.1) is 0 Å². The lowest BCUT2D eigenvalue weighted by Crippen LogP contribution is -2.50. The molecule has 0 radical (unpaired) electrons. The van der Waals surface area contributed by atoms with Gasteiger partial charge in [-0.25, -0.2) is 4.79 Å². The van der Waals surface area contributed by atoms with Crippen LogP contribution in [0.2, 0.25) is 5.02 Å². The van der Waals surface area contributed by atoms with Gasteiger partial charge in [0.15, 0.2) is 0 Å². The lowest BCUT2D eigenvalue weighted by molar-refractivity contribution is -0.149. The van der Waals surface area contributed by atoms with Gasteiger partial charge in [0.25, 0.3) is 11.8 Å². The first-order chi connectivity index (χ1) is 25.7. The molecule has 1 unspecified atom stereocenters. The van der Waals surface area contributed by atoms with Gasteiger partial charge in [-0.05, 0) is 107 Å². The van der Waals surface area contributed by atoms with Crippen molar-refractivity contribution in [2.24, 2.45) is 0 Å². The number of alkyl carbamates (subject to hydrolysis) is 1. The summed E-state index contributed by atoms with van der Waals surface area (Å²) < 4.78 is 11.3. The van der Waals surface area contributed by atoms with Crippen LogP contribution in [0, 0.1) is 13.8 Å². The summed E-state index contributed by atoms with van der Waals surface area (Å²) in [4.78, 5) is 67.7. The van der Waals surface area contributed by atoms with Crippen molar-refractivity contribution in [2.75, 3.05) is 23.3 Å². The molecule has 0 aliphatic carbocycles. The van der Waals surface area contributed by atoms with E-state index in [1.54, 1.807) is 68.1 Å². The van der Waals surface area contributed by atoms with Gasteiger partial charge < -0.3 is 30.3 Å². The number of aryl methyl sites for hydroxylation is 2. The third-order valence-corrected chi connectivity index (χ3v) is 9.03. The fraction of sp³-hybridized carbons (Fsp3) is 0.310. The molecule has 54 heavy (non-hydrogen) atoms. The minimum Gasteiger partial charge on any atom is -0.456 e. The molecule has 3 N–H and O–H groups in total. The molecule has 5 rings (SSSR count). The molecule has 0 spiro atoms. The summed E-state index contributed by atoms with van der Waals surface area (Å²) in [6.45, 7) is 8.73. The molecule has 1 heterocycles. The van der Waals surface area contributed by atoms with Gasteiger partial charge in [-0.2, -0.15) is 0 Å². The second kappa shape index (κ2) is 17.4. The Bertz CT molecular complexity index is 2030. The van der Waals surface area contributed by atoms with Gasteiger partial charge in [0.2, 0.25) is 5.91 Å². The molecule has 12 heteroatoms. The largest absolute Gasteiger partial charge is 0.456 e. The summed E-state index contributed by atoms with van der Waals surface area (Å²) in [6.07, 6.45) is -0.436. The van der Waals surface area contributed by atoms with E-state index in [0.29, 0.717) is 58.0 Å². The van der Waals surface area contributed by atoms with E-state index in [1.807, 2.05) is 62.4 Å². The maximum Gasteiger partial charge on any atom is 0.408 e. The van der Waals surface area contributed by atoms with Gasteiger partial charge in [0.1, 0.15) is 24.3 Å². The molecular weight excluding hydrogens is 708 g/mol. The zero-order valence-electron chi connectivity index (χ0n) is 31.0. The molecule has 0 saturated heterocycles. The molecule has 1 aliphatic heterocycles. The molecule has 4 aromatic rings. The summed E-state index contributed by atoms with van der Waals surface area (Å²) in [5, 5.41) is 8.52. The summed E-state index contributed by atoms with van der Waals surface area (Å²) in [5.41, 5.74) is 4.24. The highest BCUT2D eigenvalue weighted by Crippen LogP contribution is 2.38. The molecule has 0 saturated carbocycles. The van der Waals surface area contributed by atoms with Gasteiger partial charge >= 0.3 is 12.1 Å². The van der Waals surface area contributed by atoms with Crippen LogP contribution in [-0.2, 0) is 25.5 Å². The number of esters is 1. The lowest BCUT2D eigenvalue weighted by Gasteiger charge is -2.25. The molecule has 11 nitrogen and oxygen atoms in total. The zero-order chi connectivity index (χ0) is 39.0. The highest BCUT2D eigenvalue weighted by molar-refractivity contribution is 6.30. The van der Waals surface area contributed by atoms with Crippen molar-refractivity contribution >= 4 is 52.8 Å². The van der Waals surface area contributed by atoms with Crippen molar-refractivity contribution in [3.63, 3.8) is 0 Å². The van der Waals surface area contributed by atoms with Crippen molar-refractivity contribution in [1.29, 1.82) is 0 Å². The van der Waals surface area contributed by atoms with Crippen LogP contribution in [0.15, 0.2) is 91.0 Å². The van der Waals surface area contributed by atoms with Crippen molar-refractivity contribution in [3.05, 3.63) is 129 Å². The van der Waals surface area contributed by atoms with E-state index < -0.39 is 42.3 Å². The topological polar surface area (TPSA) is 143 Å². The number of nitrogens with zero attached hydrogens (tertiary/aromatic N) is 1. The number of benzene rings is 4. The van der Waals surface area contributed by atoms with Crippen LogP contribution in [-0.4, -0.2) is 54.5 Å². The van der Waals surface area contributed by atoms with Crippen LogP contribution >= 0.6 is 11.6 Å². The van der Waals surface area contributed by atoms with E-state index in [1.165, 1.54) is 0 Å². The predicted molar refractivity (Wildman–Crippen MR) is 208 cm³/mol. The van der Waals surface area contributed by atoms with Crippen LogP contribution in [0.5, 0.6) is 0 Å². The van der Waals surface area contributed by atoms with Gasteiger partial charge in [-0.1, -0.05) is 60.1 Å². The lowest BCUT2D eigenvalue weighted by atomic mass is 10.0. The highest BCUT2D eigenvalue weighted by atomic mass is 35.5. The molecule has 1 aliphatic rings. The fourth-order valence-electron chi connectivity index (χ4n) is 6.22. The Morgan fingerprint density at radius 1 is 0.870 bits per heavy atom. The summed E-state index contributed by atoms with van der Waals surface area (Å²) in [7, 11) is 0. The minimum absolute atomic E-state index is 0.170. The Balaban J connectivity index is 1.27. The summed E-state index contributed by atoms with van der Waals surface area (Å²) >= 11 is 6.42. The first-order valence-electron chi connectivity index (χ1n) is 17.8. The maximum absolute atomic E-state index is 14.1. The number of halogens is 1. The Kier molecular flexibility index (Phi) is 12.8. The molecule has 4 aromatic carbocycles. The molecule has 0 bridgehead atoms. The van der Waals surface area contributed by atoms with E-state index in [0.717, 1.165) is 11.1 Å². The SMILES string of the molecule is Cc1ccccc1C(=O)Nc1ccc(C(=O)N2CCCC(OC(=O)CNC(=O)[C@H](Cc3ccccc3)NC(=O)OC(C)(C)C)c3cc(Cl)ccc32)c(C)c1. The number of fused-ring (bicyclic) bond motifs is 1. The number of hydrogen-bond donors (Lipinski definition) is 3. The first-order valence-corrected chi connectivity index (χ1v) is 18.2. The zero-order valence-corrected chi connectivity index (χ0v) is 31.8. The monoisotopic (exact) mass is 752 g/mol. The highest BCUT2D eigenvalue weighted by Gasteiger charge is 2.31. The standard InChI is InChI=1S/C42H45ClN4O7/c1-26-12-9-10-15-31(26)38(49)45-30-18-19-32(27(2)22-30)40(51)47-21-11-16-36(33-24-29(43)17-20-35(33)47)53-37(48)25-44-39(50)34(23-28-13-7-6-8-14-28)46-41(52)54-42(3,4)5/h6-10,12-15,17-20,22,24,34,36H,11,16,21,23,25H2,1-5H3,(H,44,50)(H,45,49)(H,46,52)/t34-,36?/m0/s1. The van der Waals surface area contributed by atoms with E-state index in [2.05, 4.69) is 16.0 Å². The molecule has 282 valence electrons. The van der Waals surface area contributed by atoms with E-state index in [4.69, 9.17) is 21.1 Å².